The summed E-state index contributed by atoms with van der Waals surface area (Å²) in [7, 11) is -2.43. The van der Waals surface area contributed by atoms with Gasteiger partial charge in [0.2, 0.25) is 0 Å². The van der Waals surface area contributed by atoms with E-state index in [1.165, 1.54) is 28.6 Å². The molecule has 0 saturated carbocycles. The number of carbonyl (C=O) groups excluding carboxylic acids is 1. The molecule has 0 spiro atoms. The highest BCUT2D eigenvalue weighted by molar-refractivity contribution is 7.92. The summed E-state index contributed by atoms with van der Waals surface area (Å²) in [4.78, 5) is 17.2. The standard InChI is InChI=1S/C23H24N2O5S/c1-3-30-24-23(26)19-10-7-11-22(16-19)31(27,28)25(17-18-8-5-4-6-9-18)20-12-14-21(29-2)15-13-20/h4-16H,3,17H2,1-2H3,(H,24,26). The van der Waals surface area contributed by atoms with Crippen molar-refractivity contribution in [3.63, 3.8) is 0 Å². The van der Waals surface area contributed by atoms with Crippen LogP contribution in [0.3, 0.4) is 0 Å². The Morgan fingerprint density at radius 3 is 2.32 bits per heavy atom. The zero-order valence-electron chi connectivity index (χ0n) is 17.3. The number of methoxy groups -OCH3 is 1. The van der Waals surface area contributed by atoms with Gasteiger partial charge in [0.25, 0.3) is 15.9 Å². The lowest BCUT2D eigenvalue weighted by molar-refractivity contribution is 0.0364. The normalized spacial score (nSPS) is 11.0. The van der Waals surface area contributed by atoms with Crippen molar-refractivity contribution >= 4 is 21.6 Å². The number of ether oxygens (including phenoxy) is 1. The summed E-state index contributed by atoms with van der Waals surface area (Å²) in [5, 5.41) is 0. The van der Waals surface area contributed by atoms with E-state index in [0.29, 0.717) is 18.0 Å². The molecule has 8 heteroatoms. The minimum absolute atomic E-state index is 0.00315. The van der Waals surface area contributed by atoms with E-state index in [9.17, 15) is 13.2 Å². The molecule has 0 fully saturated rings. The van der Waals surface area contributed by atoms with Crippen LogP contribution in [0.1, 0.15) is 22.8 Å². The van der Waals surface area contributed by atoms with Crippen LogP contribution in [0, 0.1) is 0 Å². The van der Waals surface area contributed by atoms with Gasteiger partial charge in [0, 0.05) is 5.56 Å². The molecule has 7 nitrogen and oxygen atoms in total. The first-order valence-electron chi connectivity index (χ1n) is 9.68. The predicted molar refractivity (Wildman–Crippen MR) is 118 cm³/mol. The van der Waals surface area contributed by atoms with Gasteiger partial charge < -0.3 is 4.74 Å². The summed E-state index contributed by atoms with van der Waals surface area (Å²) in [6.07, 6.45) is 0. The van der Waals surface area contributed by atoms with Crippen molar-refractivity contribution in [2.24, 2.45) is 0 Å². The van der Waals surface area contributed by atoms with Gasteiger partial charge >= 0.3 is 0 Å². The van der Waals surface area contributed by atoms with E-state index < -0.39 is 15.9 Å². The van der Waals surface area contributed by atoms with E-state index in [2.05, 4.69) is 5.48 Å². The van der Waals surface area contributed by atoms with E-state index >= 15 is 0 Å². The fourth-order valence-electron chi connectivity index (χ4n) is 2.93. The molecule has 1 N–H and O–H groups in total. The largest absolute Gasteiger partial charge is 0.497 e. The van der Waals surface area contributed by atoms with Crippen molar-refractivity contribution in [3.8, 4) is 5.75 Å². The number of hydrogen-bond acceptors (Lipinski definition) is 5. The Hall–Kier alpha value is -3.36. The average Bonchev–Trinajstić information content (AvgIpc) is 2.81. The number of amides is 1. The highest BCUT2D eigenvalue weighted by atomic mass is 32.2. The molecule has 1 amide bonds. The molecule has 0 bridgehead atoms. The van der Waals surface area contributed by atoms with Gasteiger partial charge in [-0.15, -0.1) is 0 Å². The van der Waals surface area contributed by atoms with Crippen molar-refractivity contribution in [2.75, 3.05) is 18.0 Å². The van der Waals surface area contributed by atoms with Gasteiger partial charge in [-0.2, -0.15) is 0 Å². The van der Waals surface area contributed by atoms with E-state index in [4.69, 9.17) is 9.57 Å². The van der Waals surface area contributed by atoms with Crippen LogP contribution >= 0.6 is 0 Å². The number of nitrogens with one attached hydrogen (secondary N) is 1. The molecule has 0 saturated heterocycles. The van der Waals surface area contributed by atoms with Crippen molar-refractivity contribution in [3.05, 3.63) is 90.0 Å². The second-order valence-electron chi connectivity index (χ2n) is 6.59. The topological polar surface area (TPSA) is 84.9 Å². The molecule has 0 atom stereocenters. The lowest BCUT2D eigenvalue weighted by Gasteiger charge is -2.25. The maximum absolute atomic E-state index is 13.6. The molecule has 0 aliphatic carbocycles. The van der Waals surface area contributed by atoms with Gasteiger partial charge in [-0.1, -0.05) is 36.4 Å². The fourth-order valence-corrected chi connectivity index (χ4v) is 4.43. The number of hydrogen-bond donors (Lipinski definition) is 1. The maximum atomic E-state index is 13.6. The third-order valence-corrected chi connectivity index (χ3v) is 6.29. The molecule has 3 rings (SSSR count). The minimum atomic E-state index is -3.98. The van der Waals surface area contributed by atoms with Crippen LogP contribution in [0.2, 0.25) is 0 Å². The van der Waals surface area contributed by atoms with Crippen molar-refractivity contribution in [1.82, 2.24) is 5.48 Å². The summed E-state index contributed by atoms with van der Waals surface area (Å²) in [6.45, 7) is 2.16. The number of sulfonamides is 1. The van der Waals surface area contributed by atoms with Gasteiger partial charge in [-0.05, 0) is 55.0 Å². The monoisotopic (exact) mass is 440 g/mol. The van der Waals surface area contributed by atoms with Gasteiger partial charge in [0.1, 0.15) is 5.75 Å². The van der Waals surface area contributed by atoms with Gasteiger partial charge in [0.15, 0.2) is 0 Å². The fraction of sp³-hybridized carbons (Fsp3) is 0.174. The average molecular weight is 441 g/mol. The quantitative estimate of drug-likeness (QED) is 0.512. The molecule has 0 aliphatic rings. The van der Waals surface area contributed by atoms with Crippen LogP contribution in [0.25, 0.3) is 0 Å². The van der Waals surface area contributed by atoms with Gasteiger partial charge in [-0.25, -0.2) is 13.9 Å². The highest BCUT2D eigenvalue weighted by Gasteiger charge is 2.26. The first-order valence-corrected chi connectivity index (χ1v) is 11.1. The Bertz CT molecular complexity index is 1120. The third kappa shape index (κ3) is 5.42. The third-order valence-electron chi connectivity index (χ3n) is 4.52. The van der Waals surface area contributed by atoms with E-state index in [0.717, 1.165) is 5.56 Å². The second kappa shape index (κ2) is 10.1. The summed E-state index contributed by atoms with van der Waals surface area (Å²) in [6, 6.07) is 21.9. The van der Waals surface area contributed by atoms with E-state index in [-0.39, 0.29) is 17.0 Å². The molecule has 0 radical (unpaired) electrons. The van der Waals surface area contributed by atoms with Crippen molar-refractivity contribution in [1.29, 1.82) is 0 Å². The Morgan fingerprint density at radius 2 is 1.68 bits per heavy atom. The zero-order chi connectivity index (χ0) is 22.3. The molecule has 31 heavy (non-hydrogen) atoms. The molecule has 162 valence electrons. The molecule has 3 aromatic carbocycles. The van der Waals surface area contributed by atoms with Crippen LogP contribution < -0.4 is 14.5 Å². The molecule has 0 heterocycles. The predicted octanol–water partition coefficient (Wildman–Crippen LogP) is 3.77. The number of anilines is 1. The van der Waals surface area contributed by atoms with Gasteiger partial charge in [0.05, 0.1) is 30.8 Å². The first kappa shape index (κ1) is 22.3. The van der Waals surface area contributed by atoms with Gasteiger partial charge in [-0.3, -0.25) is 13.9 Å². The van der Waals surface area contributed by atoms with E-state index in [1.807, 2.05) is 30.3 Å². The Morgan fingerprint density at radius 1 is 0.968 bits per heavy atom. The summed E-state index contributed by atoms with van der Waals surface area (Å²) in [5.74, 6) is 0.105. The molecule has 0 aliphatic heterocycles. The highest BCUT2D eigenvalue weighted by Crippen LogP contribution is 2.28. The molecule has 3 aromatic rings. The Kier molecular flexibility index (Phi) is 7.28. The number of carbonyl (C=O) groups is 1. The van der Waals surface area contributed by atoms with Crippen molar-refractivity contribution in [2.45, 2.75) is 18.4 Å². The Balaban J connectivity index is 2.01. The Labute approximate surface area is 182 Å². The number of nitrogens with zero attached hydrogens (tertiary/aromatic N) is 1. The van der Waals surface area contributed by atoms with Crippen LogP contribution in [0.4, 0.5) is 5.69 Å². The number of benzene rings is 3. The lowest BCUT2D eigenvalue weighted by Crippen LogP contribution is -2.31. The SMILES string of the molecule is CCONC(=O)c1cccc(S(=O)(=O)N(Cc2ccccc2)c2ccc(OC)cc2)c1. The van der Waals surface area contributed by atoms with Crippen LogP contribution in [-0.4, -0.2) is 28.0 Å². The summed E-state index contributed by atoms with van der Waals surface area (Å²) < 4.78 is 33.7. The smallest absolute Gasteiger partial charge is 0.274 e. The molecule has 0 aromatic heterocycles. The number of rotatable bonds is 9. The van der Waals surface area contributed by atoms with Crippen LogP contribution in [-0.2, 0) is 21.4 Å². The summed E-state index contributed by atoms with van der Waals surface area (Å²) >= 11 is 0. The van der Waals surface area contributed by atoms with Crippen LogP contribution in [0.15, 0.2) is 83.8 Å². The maximum Gasteiger partial charge on any atom is 0.274 e. The number of hydroxylamine groups is 1. The summed E-state index contributed by atoms with van der Waals surface area (Å²) in [5.41, 5.74) is 3.77. The second-order valence-corrected chi connectivity index (χ2v) is 8.45. The molecule has 0 unspecified atom stereocenters. The first-order chi connectivity index (χ1) is 15.0. The molecular weight excluding hydrogens is 416 g/mol. The van der Waals surface area contributed by atoms with E-state index in [1.54, 1.807) is 38.3 Å². The zero-order valence-corrected chi connectivity index (χ0v) is 18.1. The lowest BCUT2D eigenvalue weighted by atomic mass is 10.2. The van der Waals surface area contributed by atoms with Crippen LogP contribution in [0.5, 0.6) is 5.75 Å². The molecular formula is C23H24N2O5S. The van der Waals surface area contributed by atoms with Crippen molar-refractivity contribution < 1.29 is 22.8 Å². The minimum Gasteiger partial charge on any atom is -0.497 e.